The monoisotopic (exact) mass is 231 g/mol. The zero-order chi connectivity index (χ0) is 11.7. The molecular formula is C13H17N3O. The van der Waals surface area contributed by atoms with E-state index in [0.29, 0.717) is 12.5 Å². The second kappa shape index (κ2) is 4.37. The highest BCUT2D eigenvalue weighted by molar-refractivity contribution is 5.77. The van der Waals surface area contributed by atoms with Crippen LogP contribution in [0.15, 0.2) is 22.6 Å². The molecule has 0 radical (unpaired) electrons. The fraction of sp³-hybridized carbons (Fsp3) is 0.462. The molecule has 1 saturated carbocycles. The van der Waals surface area contributed by atoms with E-state index in [9.17, 15) is 0 Å². The van der Waals surface area contributed by atoms with Crippen LogP contribution < -0.4 is 11.1 Å². The molecule has 1 aromatic carbocycles. The van der Waals surface area contributed by atoms with Crippen LogP contribution >= 0.6 is 0 Å². The number of fused-ring (bicyclic) bond motifs is 1. The third-order valence-corrected chi connectivity index (χ3v) is 3.04. The molecule has 4 nitrogen and oxygen atoms in total. The number of hydrogen-bond donors (Lipinski definition) is 2. The number of hydrogen-bond acceptors (Lipinski definition) is 4. The lowest BCUT2D eigenvalue weighted by molar-refractivity contribution is 0.533. The van der Waals surface area contributed by atoms with Gasteiger partial charge in [0.15, 0.2) is 11.5 Å². The van der Waals surface area contributed by atoms with Crippen molar-refractivity contribution in [1.29, 1.82) is 0 Å². The van der Waals surface area contributed by atoms with Crippen molar-refractivity contribution in [2.75, 3.05) is 18.4 Å². The van der Waals surface area contributed by atoms with Crippen molar-refractivity contribution in [3.63, 3.8) is 0 Å². The Kier molecular flexibility index (Phi) is 2.73. The van der Waals surface area contributed by atoms with E-state index in [2.05, 4.69) is 10.3 Å². The third kappa shape index (κ3) is 2.26. The van der Waals surface area contributed by atoms with Crippen LogP contribution in [0.25, 0.3) is 11.1 Å². The van der Waals surface area contributed by atoms with Crippen LogP contribution in [0.4, 0.5) is 5.69 Å². The second-order valence-corrected chi connectivity index (χ2v) is 4.58. The van der Waals surface area contributed by atoms with Crippen molar-refractivity contribution < 1.29 is 4.42 Å². The molecule has 3 rings (SSSR count). The summed E-state index contributed by atoms with van der Waals surface area (Å²) in [7, 11) is 0. The minimum absolute atomic E-state index is 0.566. The first-order chi connectivity index (χ1) is 8.36. The molecule has 0 spiro atoms. The zero-order valence-electron chi connectivity index (χ0n) is 9.78. The van der Waals surface area contributed by atoms with Crippen LogP contribution in [-0.4, -0.2) is 18.1 Å². The SMILES string of the molecule is NCCCNc1ccc2oc(C3CC3)nc2c1. The first kappa shape index (κ1) is 10.6. The van der Waals surface area contributed by atoms with Crippen molar-refractivity contribution in [2.24, 2.45) is 5.73 Å². The molecule has 90 valence electrons. The lowest BCUT2D eigenvalue weighted by Gasteiger charge is -2.03. The predicted molar refractivity (Wildman–Crippen MR) is 68.1 cm³/mol. The van der Waals surface area contributed by atoms with Crippen molar-refractivity contribution >= 4 is 16.8 Å². The van der Waals surface area contributed by atoms with Gasteiger partial charge in [0.25, 0.3) is 0 Å². The Bertz CT molecular complexity index is 516. The fourth-order valence-corrected chi connectivity index (χ4v) is 1.89. The Morgan fingerprint density at radius 3 is 3.06 bits per heavy atom. The van der Waals surface area contributed by atoms with Gasteiger partial charge in [-0.1, -0.05) is 0 Å². The average Bonchev–Trinajstić information content (AvgIpc) is 3.10. The fourth-order valence-electron chi connectivity index (χ4n) is 1.89. The van der Waals surface area contributed by atoms with Crippen LogP contribution in [0.5, 0.6) is 0 Å². The number of rotatable bonds is 5. The highest BCUT2D eigenvalue weighted by Crippen LogP contribution is 2.40. The molecule has 0 aliphatic heterocycles. The van der Waals surface area contributed by atoms with Gasteiger partial charge in [-0.2, -0.15) is 0 Å². The molecule has 0 saturated heterocycles. The molecule has 0 amide bonds. The summed E-state index contributed by atoms with van der Waals surface area (Å²) in [5.74, 6) is 1.47. The molecule has 1 aromatic heterocycles. The third-order valence-electron chi connectivity index (χ3n) is 3.04. The molecule has 1 fully saturated rings. The first-order valence-electron chi connectivity index (χ1n) is 6.21. The molecule has 0 bridgehead atoms. The summed E-state index contributed by atoms with van der Waals surface area (Å²) in [6.07, 6.45) is 3.41. The van der Waals surface area contributed by atoms with E-state index in [1.807, 2.05) is 18.2 Å². The van der Waals surface area contributed by atoms with E-state index >= 15 is 0 Å². The number of nitrogens with zero attached hydrogens (tertiary/aromatic N) is 1. The van der Waals surface area contributed by atoms with Crippen LogP contribution in [0.2, 0.25) is 0 Å². The Balaban J connectivity index is 1.79. The molecular weight excluding hydrogens is 214 g/mol. The van der Waals surface area contributed by atoms with E-state index in [0.717, 1.165) is 35.6 Å². The van der Waals surface area contributed by atoms with E-state index in [1.165, 1.54) is 12.8 Å². The summed E-state index contributed by atoms with van der Waals surface area (Å²) < 4.78 is 5.71. The van der Waals surface area contributed by atoms with Gasteiger partial charge >= 0.3 is 0 Å². The van der Waals surface area contributed by atoms with Gasteiger partial charge in [0, 0.05) is 18.2 Å². The molecule has 0 atom stereocenters. The highest BCUT2D eigenvalue weighted by Gasteiger charge is 2.28. The van der Waals surface area contributed by atoms with E-state index in [1.54, 1.807) is 0 Å². The number of benzene rings is 1. The molecule has 1 aliphatic rings. The van der Waals surface area contributed by atoms with Crippen molar-refractivity contribution in [2.45, 2.75) is 25.2 Å². The number of nitrogens with two attached hydrogens (primary N) is 1. The second-order valence-electron chi connectivity index (χ2n) is 4.58. The molecule has 3 N–H and O–H groups in total. The molecule has 4 heteroatoms. The molecule has 0 unspecified atom stereocenters. The molecule has 1 heterocycles. The standard InChI is InChI=1S/C13H17N3O/c14-6-1-7-15-10-4-5-12-11(8-10)16-13(17-12)9-2-3-9/h4-5,8-9,15H,1-3,6-7,14H2. The largest absolute Gasteiger partial charge is 0.440 e. The average molecular weight is 231 g/mol. The van der Waals surface area contributed by atoms with Crippen LogP contribution in [0.3, 0.4) is 0 Å². The normalized spacial score (nSPS) is 15.4. The van der Waals surface area contributed by atoms with Gasteiger partial charge in [0.05, 0.1) is 0 Å². The minimum Gasteiger partial charge on any atom is -0.440 e. The van der Waals surface area contributed by atoms with Crippen molar-refractivity contribution in [1.82, 2.24) is 4.98 Å². The maximum atomic E-state index is 5.71. The summed E-state index contributed by atoms with van der Waals surface area (Å²) >= 11 is 0. The number of aromatic nitrogens is 1. The summed E-state index contributed by atoms with van der Waals surface area (Å²) in [5.41, 5.74) is 8.38. The maximum absolute atomic E-state index is 5.71. The van der Waals surface area contributed by atoms with E-state index in [-0.39, 0.29) is 0 Å². The Morgan fingerprint density at radius 1 is 1.41 bits per heavy atom. The summed E-state index contributed by atoms with van der Waals surface area (Å²) in [4.78, 5) is 4.53. The molecule has 17 heavy (non-hydrogen) atoms. The summed E-state index contributed by atoms with van der Waals surface area (Å²) in [6.45, 7) is 1.61. The Morgan fingerprint density at radius 2 is 2.29 bits per heavy atom. The number of nitrogens with one attached hydrogen (secondary N) is 1. The van der Waals surface area contributed by atoms with Crippen LogP contribution in [0.1, 0.15) is 31.1 Å². The quantitative estimate of drug-likeness (QED) is 0.776. The van der Waals surface area contributed by atoms with Gasteiger partial charge in [0.1, 0.15) is 5.52 Å². The smallest absolute Gasteiger partial charge is 0.198 e. The van der Waals surface area contributed by atoms with Gasteiger partial charge in [-0.05, 0) is 44.0 Å². The summed E-state index contributed by atoms with van der Waals surface area (Å²) in [5, 5.41) is 3.33. The number of oxazole rings is 1. The molecule has 1 aliphatic carbocycles. The van der Waals surface area contributed by atoms with Gasteiger partial charge in [-0.15, -0.1) is 0 Å². The maximum Gasteiger partial charge on any atom is 0.198 e. The summed E-state index contributed by atoms with van der Waals surface area (Å²) in [6, 6.07) is 6.06. The van der Waals surface area contributed by atoms with Gasteiger partial charge in [0.2, 0.25) is 0 Å². The van der Waals surface area contributed by atoms with Crippen LogP contribution in [0, 0.1) is 0 Å². The van der Waals surface area contributed by atoms with E-state index in [4.69, 9.17) is 10.2 Å². The van der Waals surface area contributed by atoms with Gasteiger partial charge in [-0.25, -0.2) is 4.98 Å². The van der Waals surface area contributed by atoms with Crippen molar-refractivity contribution in [3.05, 3.63) is 24.1 Å². The topological polar surface area (TPSA) is 64.1 Å². The predicted octanol–water partition coefficient (Wildman–Crippen LogP) is 2.47. The number of anilines is 1. The highest BCUT2D eigenvalue weighted by atomic mass is 16.3. The lowest BCUT2D eigenvalue weighted by Crippen LogP contribution is -2.08. The van der Waals surface area contributed by atoms with Crippen molar-refractivity contribution in [3.8, 4) is 0 Å². The minimum atomic E-state index is 0.566. The zero-order valence-corrected chi connectivity index (χ0v) is 9.78. The molecule has 2 aromatic rings. The van der Waals surface area contributed by atoms with Gasteiger partial charge in [-0.3, -0.25) is 0 Å². The van der Waals surface area contributed by atoms with E-state index < -0.39 is 0 Å². The van der Waals surface area contributed by atoms with Crippen LogP contribution in [-0.2, 0) is 0 Å². The lowest BCUT2D eigenvalue weighted by atomic mass is 10.3. The first-order valence-corrected chi connectivity index (χ1v) is 6.21. The van der Waals surface area contributed by atoms with Gasteiger partial charge < -0.3 is 15.5 Å². The Labute approximate surface area is 100 Å². The Hall–Kier alpha value is -1.55.